The van der Waals surface area contributed by atoms with Gasteiger partial charge >= 0.3 is 12.1 Å². The van der Waals surface area contributed by atoms with E-state index < -0.39 is 12.1 Å². The second-order valence-electron chi connectivity index (χ2n) is 8.38. The molecule has 1 aromatic rings. The summed E-state index contributed by atoms with van der Waals surface area (Å²) in [7, 11) is 3.89. The van der Waals surface area contributed by atoms with Crippen LogP contribution in [0.2, 0.25) is 0 Å². The quantitative estimate of drug-likeness (QED) is 0.497. The molecule has 12 heteroatoms. The number of carboxylic acid groups (broad SMARTS) is 1. The molecule has 1 aliphatic rings. The number of amides is 2. The summed E-state index contributed by atoms with van der Waals surface area (Å²) in [6.07, 6.45) is -4.23. The maximum atomic E-state index is 13.1. The number of hydrogen-bond donors (Lipinski definition) is 2. The van der Waals surface area contributed by atoms with Crippen LogP contribution in [-0.4, -0.2) is 105 Å². The van der Waals surface area contributed by atoms with Crippen LogP contribution >= 0.6 is 0 Å². The van der Waals surface area contributed by atoms with Gasteiger partial charge in [0.1, 0.15) is 6.54 Å². The molecule has 0 atom stereocenters. The van der Waals surface area contributed by atoms with Gasteiger partial charge in [0.2, 0.25) is 5.91 Å². The normalized spacial score (nSPS) is 13.7. The van der Waals surface area contributed by atoms with Crippen molar-refractivity contribution >= 4 is 23.5 Å². The first kappa shape index (κ1) is 30.2. The number of alkyl halides is 3. The first-order chi connectivity index (χ1) is 16.3. The van der Waals surface area contributed by atoms with Gasteiger partial charge in [0.25, 0.3) is 5.91 Å². The van der Waals surface area contributed by atoms with Gasteiger partial charge in [0, 0.05) is 64.7 Å². The van der Waals surface area contributed by atoms with Crippen LogP contribution in [0.1, 0.15) is 30.6 Å². The molecular weight excluding hydrogens is 469 g/mol. The van der Waals surface area contributed by atoms with E-state index in [1.165, 1.54) is 0 Å². The summed E-state index contributed by atoms with van der Waals surface area (Å²) in [6, 6.07) is 7.52. The van der Waals surface area contributed by atoms with E-state index in [2.05, 4.69) is 5.32 Å². The molecule has 2 rings (SSSR count). The lowest BCUT2D eigenvalue weighted by Gasteiger charge is -2.30. The summed E-state index contributed by atoms with van der Waals surface area (Å²) in [4.78, 5) is 40.2. The minimum absolute atomic E-state index is 0.00314. The van der Waals surface area contributed by atoms with Crippen molar-refractivity contribution in [1.29, 1.82) is 0 Å². The second kappa shape index (κ2) is 14.5. The third-order valence-corrected chi connectivity index (χ3v) is 4.96. The zero-order valence-corrected chi connectivity index (χ0v) is 20.6. The number of ether oxygens (including phenoxy) is 1. The molecule has 9 nitrogen and oxygen atoms in total. The number of aliphatic carboxylic acids is 1. The minimum atomic E-state index is -5.08. The zero-order valence-electron chi connectivity index (χ0n) is 20.6. The maximum Gasteiger partial charge on any atom is 0.490 e. The summed E-state index contributed by atoms with van der Waals surface area (Å²) in [6.45, 7) is 8.12. The molecule has 0 saturated carbocycles. The highest BCUT2D eigenvalue weighted by atomic mass is 19.4. The number of carbonyl (C=O) groups is 3. The van der Waals surface area contributed by atoms with Crippen LogP contribution in [0.5, 0.6) is 0 Å². The minimum Gasteiger partial charge on any atom is -0.475 e. The Morgan fingerprint density at radius 1 is 1.17 bits per heavy atom. The Morgan fingerprint density at radius 3 is 2.29 bits per heavy atom. The number of nitrogens with one attached hydrogen (secondary N) is 1. The van der Waals surface area contributed by atoms with Gasteiger partial charge in [0.05, 0.1) is 6.10 Å². The average molecular weight is 505 g/mol. The van der Waals surface area contributed by atoms with Crippen LogP contribution in [0.15, 0.2) is 24.3 Å². The van der Waals surface area contributed by atoms with Crippen molar-refractivity contribution in [2.75, 3.05) is 64.9 Å². The van der Waals surface area contributed by atoms with Crippen molar-refractivity contribution in [2.45, 2.75) is 32.5 Å². The fraction of sp³-hybridized carbons (Fsp3) is 0.609. The van der Waals surface area contributed by atoms with Crippen molar-refractivity contribution in [2.24, 2.45) is 0 Å². The van der Waals surface area contributed by atoms with Crippen molar-refractivity contribution in [3.8, 4) is 0 Å². The first-order valence-corrected chi connectivity index (χ1v) is 11.3. The van der Waals surface area contributed by atoms with E-state index in [0.717, 1.165) is 18.8 Å². The van der Waals surface area contributed by atoms with Crippen LogP contribution in [0, 0.1) is 0 Å². The Labute approximate surface area is 203 Å². The lowest BCUT2D eigenvalue weighted by Crippen LogP contribution is -2.50. The Hall–Kier alpha value is -2.86. The molecule has 1 fully saturated rings. The van der Waals surface area contributed by atoms with Gasteiger partial charge in [-0.1, -0.05) is 6.07 Å². The lowest BCUT2D eigenvalue weighted by molar-refractivity contribution is -0.192. The average Bonchev–Trinajstić information content (AvgIpc) is 2.80. The fourth-order valence-electron chi connectivity index (χ4n) is 3.10. The van der Waals surface area contributed by atoms with E-state index >= 15 is 0 Å². The van der Waals surface area contributed by atoms with Crippen LogP contribution in [-0.2, 0) is 14.3 Å². The molecular formula is C23H35F3N4O5. The summed E-state index contributed by atoms with van der Waals surface area (Å²) in [5, 5.41) is 10.4. The number of piperazine rings is 1. The number of rotatable bonds is 9. The molecule has 2 N–H and O–H groups in total. The Kier molecular flexibility index (Phi) is 12.5. The van der Waals surface area contributed by atoms with Crippen LogP contribution in [0.4, 0.5) is 18.9 Å². The molecule has 0 aliphatic carbocycles. The summed E-state index contributed by atoms with van der Waals surface area (Å²) < 4.78 is 37.3. The van der Waals surface area contributed by atoms with Gasteiger partial charge in [-0.3, -0.25) is 9.59 Å². The highest BCUT2D eigenvalue weighted by molar-refractivity contribution is 5.97. The van der Waals surface area contributed by atoms with Crippen molar-refractivity contribution in [3.63, 3.8) is 0 Å². The summed E-state index contributed by atoms with van der Waals surface area (Å²) >= 11 is 0. The molecule has 1 aromatic carbocycles. The summed E-state index contributed by atoms with van der Waals surface area (Å²) in [5.74, 6) is -2.87. The molecule has 2 amide bonds. The van der Waals surface area contributed by atoms with Gasteiger partial charge in [0.15, 0.2) is 0 Å². The predicted molar refractivity (Wildman–Crippen MR) is 126 cm³/mol. The van der Waals surface area contributed by atoms with E-state index in [-0.39, 0.29) is 24.5 Å². The fourth-order valence-corrected chi connectivity index (χ4v) is 3.10. The van der Waals surface area contributed by atoms with Crippen LogP contribution in [0.25, 0.3) is 0 Å². The molecule has 0 radical (unpaired) electrons. The van der Waals surface area contributed by atoms with Crippen LogP contribution < -0.4 is 10.2 Å². The lowest BCUT2D eigenvalue weighted by atomic mass is 10.1. The third kappa shape index (κ3) is 11.4. The second-order valence-corrected chi connectivity index (χ2v) is 8.38. The number of carbonyl (C=O) groups excluding carboxylic acids is 2. The Balaban J connectivity index is 0.000000762. The molecule has 1 saturated heterocycles. The molecule has 35 heavy (non-hydrogen) atoms. The first-order valence-electron chi connectivity index (χ1n) is 11.3. The number of halogens is 3. The smallest absolute Gasteiger partial charge is 0.475 e. The topological polar surface area (TPSA) is 102 Å². The van der Waals surface area contributed by atoms with Gasteiger partial charge in [-0.2, -0.15) is 13.2 Å². The van der Waals surface area contributed by atoms with E-state index in [4.69, 9.17) is 14.6 Å². The molecule has 1 heterocycles. The highest BCUT2D eigenvalue weighted by Gasteiger charge is 2.38. The van der Waals surface area contributed by atoms with Crippen molar-refractivity contribution in [3.05, 3.63) is 29.8 Å². The molecule has 0 unspecified atom stereocenters. The molecule has 1 aliphatic heterocycles. The number of hydrogen-bond acceptors (Lipinski definition) is 6. The number of carboxylic acids is 1. The van der Waals surface area contributed by atoms with E-state index in [1.54, 1.807) is 4.90 Å². The predicted octanol–water partition coefficient (Wildman–Crippen LogP) is 2.07. The molecule has 0 bridgehead atoms. The van der Waals surface area contributed by atoms with E-state index in [1.807, 2.05) is 62.0 Å². The van der Waals surface area contributed by atoms with E-state index in [9.17, 15) is 22.8 Å². The Morgan fingerprint density at radius 2 is 1.77 bits per heavy atom. The van der Waals surface area contributed by atoms with Crippen LogP contribution in [0.3, 0.4) is 0 Å². The molecule has 0 aromatic heterocycles. The van der Waals surface area contributed by atoms with Crippen molar-refractivity contribution in [1.82, 2.24) is 15.1 Å². The SMILES string of the molecule is CC(C)OCCCN(CC(=O)N1CCNCC1)C(=O)c1cccc(N(C)C)c1.O=C(O)C(F)(F)F. The number of anilines is 1. The Bertz CT molecular complexity index is 828. The largest absolute Gasteiger partial charge is 0.490 e. The third-order valence-electron chi connectivity index (χ3n) is 4.96. The van der Waals surface area contributed by atoms with Gasteiger partial charge in [-0.05, 0) is 38.5 Å². The zero-order chi connectivity index (χ0) is 26.6. The highest BCUT2D eigenvalue weighted by Crippen LogP contribution is 2.16. The number of nitrogens with zero attached hydrogens (tertiary/aromatic N) is 3. The maximum absolute atomic E-state index is 13.1. The van der Waals surface area contributed by atoms with Gasteiger partial charge < -0.3 is 29.9 Å². The monoisotopic (exact) mass is 504 g/mol. The number of benzene rings is 1. The van der Waals surface area contributed by atoms with Crippen molar-refractivity contribution < 1.29 is 37.4 Å². The van der Waals surface area contributed by atoms with Gasteiger partial charge in [-0.25, -0.2) is 4.79 Å². The van der Waals surface area contributed by atoms with Gasteiger partial charge in [-0.15, -0.1) is 0 Å². The van der Waals surface area contributed by atoms with E-state index in [0.29, 0.717) is 38.2 Å². The molecule has 198 valence electrons. The molecule has 0 spiro atoms. The summed E-state index contributed by atoms with van der Waals surface area (Å²) in [5.41, 5.74) is 1.56. The standard InChI is InChI=1S/C21H34N4O3.C2HF3O2/c1-17(2)28-14-6-11-25(16-20(26)24-12-9-22-10-13-24)21(27)18-7-5-8-19(15-18)23(3)4;3-2(4,5)1(6)7/h5,7-8,15,17,22H,6,9-14,16H2,1-4H3;(H,6,7).